The maximum absolute atomic E-state index is 8.67. The molecule has 1 radical (unpaired) electrons. The van der Waals surface area contributed by atoms with Gasteiger partial charge in [0.25, 0.3) is 0 Å². The third-order valence-electron chi connectivity index (χ3n) is 6.33. The van der Waals surface area contributed by atoms with Crippen LogP contribution in [0.15, 0.2) is 56.0 Å². The Kier molecular flexibility index (Phi) is 25.7. The van der Waals surface area contributed by atoms with Gasteiger partial charge in [0, 0.05) is 0 Å². The molecule has 2 rings (SSSR count). The first kappa shape index (κ1) is 39.8. The van der Waals surface area contributed by atoms with Gasteiger partial charge in [0.2, 0.25) is 0 Å². The van der Waals surface area contributed by atoms with E-state index in [1.165, 1.54) is 82.0 Å². The van der Waals surface area contributed by atoms with Crippen molar-refractivity contribution in [2.75, 3.05) is 26.2 Å². The van der Waals surface area contributed by atoms with Crippen molar-refractivity contribution in [3.63, 3.8) is 0 Å². The molecule has 0 fully saturated rings. The molecule has 0 amide bonds. The molecule has 38 heavy (non-hydrogen) atoms. The molecule has 3 nitrogen and oxygen atoms in total. The number of rotatable bonds is 14. The van der Waals surface area contributed by atoms with E-state index in [-0.39, 0.29) is 29.7 Å². The van der Waals surface area contributed by atoms with Crippen LogP contribution in [0, 0.1) is 0 Å². The van der Waals surface area contributed by atoms with Crippen molar-refractivity contribution in [3.05, 3.63) is 47.5 Å². The minimum atomic E-state index is 0. The van der Waals surface area contributed by atoms with Crippen LogP contribution in [0.25, 0.3) is 0 Å². The summed E-state index contributed by atoms with van der Waals surface area (Å²) in [4.78, 5) is 2.63. The van der Waals surface area contributed by atoms with Gasteiger partial charge in [-0.1, -0.05) is 89.8 Å². The van der Waals surface area contributed by atoms with Gasteiger partial charge in [-0.25, -0.2) is 0 Å². The zero-order valence-electron chi connectivity index (χ0n) is 23.7. The zero-order chi connectivity index (χ0) is 28.1. The van der Waals surface area contributed by atoms with Gasteiger partial charge in [0.05, 0.1) is 39.4 Å². The molecule has 0 saturated heterocycles. The maximum atomic E-state index is 8.67. The third-order valence-corrected chi connectivity index (χ3v) is 7.97. The summed E-state index contributed by atoms with van der Waals surface area (Å²) in [7, 11) is 0. The topological polar surface area (TPSA) is 40.5 Å². The number of aliphatic hydroxyl groups is 2. The van der Waals surface area contributed by atoms with Gasteiger partial charge in [-0.3, -0.25) is 0 Å². The van der Waals surface area contributed by atoms with Crippen molar-refractivity contribution in [2.45, 2.75) is 112 Å². The van der Waals surface area contributed by atoms with Crippen LogP contribution in [0.1, 0.15) is 90.2 Å². The van der Waals surface area contributed by atoms with Crippen molar-refractivity contribution < 1.29 is 31.2 Å². The Morgan fingerprint density at radius 3 is 1.03 bits per heavy atom. The van der Waals surface area contributed by atoms with Gasteiger partial charge in [-0.15, -0.1) is 0 Å². The first-order valence-corrected chi connectivity index (χ1v) is 15.4. The summed E-state index contributed by atoms with van der Waals surface area (Å²) in [6, 6.07) is 10.5. The van der Waals surface area contributed by atoms with Crippen molar-refractivity contribution in [2.24, 2.45) is 0 Å². The van der Waals surface area contributed by atoms with E-state index >= 15 is 0 Å². The van der Waals surface area contributed by atoms with Crippen LogP contribution in [0.2, 0.25) is 0 Å². The predicted molar refractivity (Wildman–Crippen MR) is 167 cm³/mol. The van der Waals surface area contributed by atoms with Crippen LogP contribution in [0.4, 0.5) is 0 Å². The molecule has 2 N–H and O–H groups in total. The smallest absolute Gasteiger partial charge is 0.781 e. The van der Waals surface area contributed by atoms with Gasteiger partial charge in [0.15, 0.2) is 0 Å². The zero-order valence-corrected chi connectivity index (χ0v) is 27.9. The summed E-state index contributed by atoms with van der Waals surface area (Å²) in [5, 5.41) is 17.3. The van der Waals surface area contributed by atoms with E-state index < -0.39 is 0 Å². The summed E-state index contributed by atoms with van der Waals surface area (Å²) < 4.78 is 1.42. The molecule has 219 valence electrons. The number of benzene rings is 2. The number of hydrogen-bond acceptors (Lipinski definition) is 6. The van der Waals surface area contributed by atoms with E-state index in [4.69, 9.17) is 60.7 Å². The van der Waals surface area contributed by atoms with E-state index in [0.717, 1.165) is 11.1 Å². The van der Waals surface area contributed by atoms with E-state index in [9.17, 15) is 0 Å². The van der Waals surface area contributed by atoms with E-state index in [0.29, 0.717) is 19.6 Å². The van der Waals surface area contributed by atoms with Gasteiger partial charge in [-0.05, 0) is 36.8 Å². The van der Waals surface area contributed by atoms with Crippen molar-refractivity contribution in [1.82, 2.24) is 0 Å². The summed E-state index contributed by atoms with van der Waals surface area (Å²) in [5.74, 6) is 0. The first-order chi connectivity index (χ1) is 17.7. The normalized spacial score (nSPS) is 10.5. The second-order valence-corrected chi connectivity index (χ2v) is 11.3. The van der Waals surface area contributed by atoms with Crippen molar-refractivity contribution in [3.8, 4) is 0 Å². The summed E-state index contributed by atoms with van der Waals surface area (Å²) in [6.45, 7) is 15.1. The van der Waals surface area contributed by atoms with Crippen LogP contribution in [-0.4, -0.2) is 40.9 Å². The van der Waals surface area contributed by atoms with Gasteiger partial charge in [0.1, 0.15) is 0 Å². The third kappa shape index (κ3) is 17.4. The largest absolute Gasteiger partial charge is 3.00 e. The SMILES string of the molecule is CCCC[N+](CCCC)(CCCC)CCCC.OCc1ccc([S-])c([S-])c1.OCc1ccc([S-])c([S-])c1.[Ni+3]. The Hall–Kier alpha value is -0.306. The number of nitrogens with zero attached hydrogens (tertiary/aromatic N) is 1. The minimum Gasteiger partial charge on any atom is -0.781 e. The molecule has 2 aromatic rings. The van der Waals surface area contributed by atoms with Crippen LogP contribution >= 0.6 is 0 Å². The maximum Gasteiger partial charge on any atom is 3.00 e. The molecule has 0 aliphatic heterocycles. The molecule has 0 atom stereocenters. The molecule has 0 spiro atoms. The Labute approximate surface area is 265 Å². The van der Waals surface area contributed by atoms with Gasteiger partial charge >= 0.3 is 16.5 Å². The molecule has 0 aliphatic carbocycles. The molecule has 0 unspecified atom stereocenters. The van der Waals surface area contributed by atoms with Crippen molar-refractivity contribution >= 4 is 50.5 Å². The molecular formula is C30H48NNiO2S4. The van der Waals surface area contributed by atoms with Crippen molar-refractivity contribution in [1.29, 1.82) is 0 Å². The van der Waals surface area contributed by atoms with Gasteiger partial charge in [-0.2, -0.15) is 19.6 Å². The van der Waals surface area contributed by atoms with Crippen LogP contribution < -0.4 is 0 Å². The molecule has 0 saturated carbocycles. The fourth-order valence-electron chi connectivity index (χ4n) is 3.95. The minimum absolute atomic E-state index is 0. The fraction of sp³-hybridized carbons (Fsp3) is 0.600. The summed E-state index contributed by atoms with van der Waals surface area (Å²) >= 11 is 19.5. The van der Waals surface area contributed by atoms with Crippen LogP contribution in [0.3, 0.4) is 0 Å². The Bertz CT molecular complexity index is 766. The fourth-order valence-corrected chi connectivity index (χ4v) is 4.64. The molecular weight excluding hydrogens is 593 g/mol. The second kappa shape index (κ2) is 24.5. The summed E-state index contributed by atoms with van der Waals surface area (Å²) in [6.07, 6.45) is 11.1. The molecule has 0 heterocycles. The van der Waals surface area contributed by atoms with E-state index in [2.05, 4.69) is 27.7 Å². The summed E-state index contributed by atoms with van der Waals surface area (Å²) in [5.41, 5.74) is 1.64. The molecule has 0 aliphatic rings. The average Bonchev–Trinajstić information content (AvgIpc) is 2.91. The first-order valence-electron chi connectivity index (χ1n) is 13.7. The molecule has 8 heteroatoms. The predicted octanol–water partition coefficient (Wildman–Crippen LogP) is 6.98. The van der Waals surface area contributed by atoms with Gasteiger partial charge < -0.3 is 65.2 Å². The average molecular weight is 642 g/mol. The molecule has 0 aromatic heterocycles. The quantitative estimate of drug-likeness (QED) is 0.132. The molecule has 2 aromatic carbocycles. The van der Waals surface area contributed by atoms with E-state index in [1.807, 2.05) is 0 Å². The number of unbranched alkanes of at least 4 members (excludes halogenated alkanes) is 4. The molecule has 0 bridgehead atoms. The Morgan fingerprint density at radius 2 is 0.816 bits per heavy atom. The second-order valence-electron chi connectivity index (χ2n) is 9.53. The van der Waals surface area contributed by atoms with Crippen LogP contribution in [-0.2, 0) is 80.2 Å². The van der Waals surface area contributed by atoms with E-state index in [1.54, 1.807) is 36.4 Å². The standard InChI is InChI=1S/C16H36N.2C7H8OS2.Ni/c1-5-9-13-17(14-10-6-2,15-11-7-3)16-12-8-4;2*8-4-5-1-2-6(9)7(10)3-5;/h5-16H2,1-4H3;2*1-3,8-10H,4H2;/q+1;;;+3/p-4. The number of quaternary nitrogens is 1. The van der Waals surface area contributed by atoms with Crippen LogP contribution in [0.5, 0.6) is 0 Å². The monoisotopic (exact) mass is 640 g/mol. The number of hydrogen-bond donors (Lipinski definition) is 2. The Balaban J connectivity index is 0. The Morgan fingerprint density at radius 1 is 0.526 bits per heavy atom. The number of aliphatic hydroxyl groups excluding tert-OH is 2.